The van der Waals surface area contributed by atoms with Crippen LogP contribution in [-0.4, -0.2) is 10.8 Å². The Hall–Kier alpha value is -2.90. The fourth-order valence-electron chi connectivity index (χ4n) is 1.88. The molecule has 0 aromatic heterocycles. The van der Waals surface area contributed by atoms with E-state index in [4.69, 9.17) is 0 Å². The van der Waals surface area contributed by atoms with Crippen molar-refractivity contribution in [3.05, 3.63) is 75.3 Å². The van der Waals surface area contributed by atoms with Gasteiger partial charge in [0.2, 0.25) is 0 Å². The minimum absolute atomic E-state index is 0.0836. The van der Waals surface area contributed by atoms with Crippen LogP contribution in [0.2, 0.25) is 0 Å². The summed E-state index contributed by atoms with van der Waals surface area (Å²) < 4.78 is 37.8. The molecule has 2 aromatic carbocycles. The molecule has 0 bridgehead atoms. The predicted octanol–water partition coefficient (Wildman–Crippen LogP) is 3.54. The van der Waals surface area contributed by atoms with Crippen LogP contribution in [0.15, 0.2) is 48.5 Å². The van der Waals surface area contributed by atoms with E-state index in [1.54, 1.807) is 0 Å². The Labute approximate surface area is 128 Å². The lowest BCUT2D eigenvalue weighted by atomic mass is 10.1. The van der Waals surface area contributed by atoms with E-state index in [0.29, 0.717) is 5.56 Å². The first-order valence-electron chi connectivity index (χ1n) is 6.46. The molecule has 0 aliphatic heterocycles. The molecule has 1 amide bonds. The summed E-state index contributed by atoms with van der Waals surface area (Å²) >= 11 is 0. The van der Waals surface area contributed by atoms with Gasteiger partial charge in [0.05, 0.1) is 10.5 Å². The number of alkyl halides is 3. The summed E-state index contributed by atoms with van der Waals surface area (Å²) in [5, 5.41) is 13.0. The van der Waals surface area contributed by atoms with Gasteiger partial charge in [0.25, 0.3) is 11.6 Å². The quantitative estimate of drug-likeness (QED) is 0.690. The van der Waals surface area contributed by atoms with E-state index in [1.807, 2.05) is 0 Å². The highest BCUT2D eigenvalue weighted by Gasteiger charge is 2.30. The Balaban J connectivity index is 2.03. The zero-order valence-corrected chi connectivity index (χ0v) is 11.6. The highest BCUT2D eigenvalue weighted by molar-refractivity contribution is 5.94. The summed E-state index contributed by atoms with van der Waals surface area (Å²) in [6.45, 7) is -0.0836. The van der Waals surface area contributed by atoms with Gasteiger partial charge in [0.15, 0.2) is 0 Å². The van der Waals surface area contributed by atoms with Crippen molar-refractivity contribution in [2.75, 3.05) is 0 Å². The molecule has 2 aromatic rings. The van der Waals surface area contributed by atoms with Crippen molar-refractivity contribution in [2.45, 2.75) is 12.7 Å². The number of halogens is 3. The van der Waals surface area contributed by atoms with E-state index in [-0.39, 0.29) is 17.8 Å². The monoisotopic (exact) mass is 324 g/mol. The second-order valence-corrected chi connectivity index (χ2v) is 4.68. The van der Waals surface area contributed by atoms with Gasteiger partial charge in [-0.1, -0.05) is 12.1 Å². The average molecular weight is 324 g/mol. The van der Waals surface area contributed by atoms with Crippen molar-refractivity contribution in [2.24, 2.45) is 0 Å². The van der Waals surface area contributed by atoms with Crippen LogP contribution in [-0.2, 0) is 12.7 Å². The van der Waals surface area contributed by atoms with E-state index in [0.717, 1.165) is 12.1 Å². The number of nitro groups is 1. The van der Waals surface area contributed by atoms with Crippen LogP contribution in [0, 0.1) is 10.1 Å². The Bertz CT molecular complexity index is 727. The zero-order valence-electron chi connectivity index (χ0n) is 11.6. The van der Waals surface area contributed by atoms with Gasteiger partial charge in [-0.05, 0) is 29.8 Å². The minimum atomic E-state index is -4.45. The average Bonchev–Trinajstić information content (AvgIpc) is 2.52. The van der Waals surface area contributed by atoms with E-state index >= 15 is 0 Å². The van der Waals surface area contributed by atoms with E-state index < -0.39 is 22.6 Å². The molecule has 0 aliphatic carbocycles. The SMILES string of the molecule is O=C(NCc1cccc(C(F)(F)F)c1)c1ccc([N+](=O)[O-])cc1. The molecule has 0 fully saturated rings. The molecule has 0 unspecified atom stereocenters. The zero-order chi connectivity index (χ0) is 17.0. The molecule has 8 heteroatoms. The van der Waals surface area contributed by atoms with Gasteiger partial charge in [-0.15, -0.1) is 0 Å². The molecule has 120 valence electrons. The van der Waals surface area contributed by atoms with Crippen LogP contribution >= 0.6 is 0 Å². The van der Waals surface area contributed by atoms with Crippen LogP contribution in [0.3, 0.4) is 0 Å². The first-order chi connectivity index (χ1) is 10.8. The van der Waals surface area contributed by atoms with Crippen molar-refractivity contribution in [1.82, 2.24) is 5.32 Å². The van der Waals surface area contributed by atoms with E-state index in [2.05, 4.69) is 5.32 Å². The number of amides is 1. The van der Waals surface area contributed by atoms with E-state index in [9.17, 15) is 28.1 Å². The first-order valence-corrected chi connectivity index (χ1v) is 6.46. The molecule has 2 rings (SSSR count). The van der Waals surface area contributed by atoms with Gasteiger partial charge in [-0.3, -0.25) is 14.9 Å². The summed E-state index contributed by atoms with van der Waals surface area (Å²) in [5.41, 5.74) is -0.461. The molecule has 0 radical (unpaired) electrons. The number of nitrogens with zero attached hydrogens (tertiary/aromatic N) is 1. The lowest BCUT2D eigenvalue weighted by molar-refractivity contribution is -0.384. The van der Waals surface area contributed by atoms with Gasteiger partial charge in [0.1, 0.15) is 0 Å². The van der Waals surface area contributed by atoms with Gasteiger partial charge in [0, 0.05) is 24.2 Å². The molecule has 0 saturated heterocycles. The van der Waals surface area contributed by atoms with Crippen LogP contribution < -0.4 is 5.32 Å². The van der Waals surface area contributed by atoms with Gasteiger partial charge in [-0.2, -0.15) is 13.2 Å². The highest BCUT2D eigenvalue weighted by Crippen LogP contribution is 2.29. The number of nitrogens with one attached hydrogen (secondary N) is 1. The number of hydrogen-bond donors (Lipinski definition) is 1. The molecule has 1 N–H and O–H groups in total. The topological polar surface area (TPSA) is 72.2 Å². The largest absolute Gasteiger partial charge is 0.416 e. The van der Waals surface area contributed by atoms with Crippen LogP contribution in [0.1, 0.15) is 21.5 Å². The van der Waals surface area contributed by atoms with E-state index in [1.165, 1.54) is 36.4 Å². The third kappa shape index (κ3) is 4.29. The number of hydrogen-bond acceptors (Lipinski definition) is 3. The fourth-order valence-corrected chi connectivity index (χ4v) is 1.88. The Kier molecular flexibility index (Phi) is 4.63. The van der Waals surface area contributed by atoms with Crippen molar-refractivity contribution in [3.63, 3.8) is 0 Å². The molecule has 23 heavy (non-hydrogen) atoms. The van der Waals surface area contributed by atoms with Crippen molar-refractivity contribution in [3.8, 4) is 0 Å². The molecule has 0 heterocycles. The summed E-state index contributed by atoms with van der Waals surface area (Å²) in [4.78, 5) is 21.8. The van der Waals surface area contributed by atoms with Crippen LogP contribution in [0.25, 0.3) is 0 Å². The van der Waals surface area contributed by atoms with Crippen molar-refractivity contribution in [1.29, 1.82) is 0 Å². The lowest BCUT2D eigenvalue weighted by Gasteiger charge is -2.09. The summed E-state index contributed by atoms with van der Waals surface area (Å²) in [7, 11) is 0. The number of benzene rings is 2. The van der Waals surface area contributed by atoms with Gasteiger partial charge < -0.3 is 5.32 Å². The maximum Gasteiger partial charge on any atom is 0.416 e. The maximum absolute atomic E-state index is 12.6. The third-order valence-corrected chi connectivity index (χ3v) is 3.05. The highest BCUT2D eigenvalue weighted by atomic mass is 19.4. The van der Waals surface area contributed by atoms with Gasteiger partial charge in [-0.25, -0.2) is 0 Å². The first kappa shape index (κ1) is 16.5. The maximum atomic E-state index is 12.6. The molecule has 0 spiro atoms. The number of carbonyl (C=O) groups excluding carboxylic acids is 1. The van der Waals surface area contributed by atoms with Crippen LogP contribution in [0.4, 0.5) is 18.9 Å². The molecular weight excluding hydrogens is 313 g/mol. The Morgan fingerprint density at radius 1 is 1.13 bits per heavy atom. The standard InChI is InChI=1S/C15H11F3N2O3/c16-15(17,18)12-3-1-2-10(8-12)9-19-14(21)11-4-6-13(7-5-11)20(22)23/h1-8H,9H2,(H,19,21). The summed E-state index contributed by atoms with van der Waals surface area (Å²) in [6.07, 6.45) is -4.45. The molecule has 5 nitrogen and oxygen atoms in total. The summed E-state index contributed by atoms with van der Waals surface area (Å²) in [5.74, 6) is -0.530. The Morgan fingerprint density at radius 2 is 1.78 bits per heavy atom. The smallest absolute Gasteiger partial charge is 0.348 e. The molecular formula is C15H11F3N2O3. The number of carbonyl (C=O) groups is 1. The minimum Gasteiger partial charge on any atom is -0.348 e. The number of rotatable bonds is 4. The van der Waals surface area contributed by atoms with Crippen LogP contribution in [0.5, 0.6) is 0 Å². The number of nitro benzene ring substituents is 1. The van der Waals surface area contributed by atoms with Crippen molar-refractivity contribution >= 4 is 11.6 Å². The number of non-ortho nitro benzene ring substituents is 1. The summed E-state index contributed by atoms with van der Waals surface area (Å²) in [6, 6.07) is 9.54. The normalized spacial score (nSPS) is 11.1. The molecule has 0 saturated carbocycles. The van der Waals surface area contributed by atoms with Gasteiger partial charge >= 0.3 is 6.18 Å². The molecule has 0 aliphatic rings. The predicted molar refractivity (Wildman–Crippen MR) is 75.7 cm³/mol. The third-order valence-electron chi connectivity index (χ3n) is 3.05. The lowest BCUT2D eigenvalue weighted by Crippen LogP contribution is -2.23. The fraction of sp³-hybridized carbons (Fsp3) is 0.133. The van der Waals surface area contributed by atoms with Crippen molar-refractivity contribution < 1.29 is 22.9 Å². The second-order valence-electron chi connectivity index (χ2n) is 4.68. The Morgan fingerprint density at radius 3 is 2.35 bits per heavy atom. The molecule has 0 atom stereocenters. The second kappa shape index (κ2) is 6.47.